The van der Waals surface area contributed by atoms with E-state index in [1.165, 1.54) is 0 Å². The van der Waals surface area contributed by atoms with Crippen LogP contribution in [0, 0.1) is 10.1 Å². The maximum absolute atomic E-state index is 11.9. The van der Waals surface area contributed by atoms with Crippen molar-refractivity contribution in [1.82, 2.24) is 10.7 Å². The van der Waals surface area contributed by atoms with Crippen LogP contribution >= 0.6 is 0 Å². The van der Waals surface area contributed by atoms with Crippen LogP contribution in [0.3, 0.4) is 0 Å². The maximum atomic E-state index is 11.9. The van der Waals surface area contributed by atoms with Gasteiger partial charge >= 0.3 is 12.1 Å². The molecule has 11 N–H and O–H groups in total. The second-order valence-corrected chi connectivity index (χ2v) is 5.94. The van der Waals surface area contributed by atoms with Crippen molar-refractivity contribution < 1.29 is 37.7 Å². The summed E-state index contributed by atoms with van der Waals surface area (Å²) >= 11 is 0. The van der Waals surface area contributed by atoms with Crippen molar-refractivity contribution in [2.45, 2.75) is 50.4 Å². The van der Waals surface area contributed by atoms with Crippen LogP contribution in [0.2, 0.25) is 0 Å². The average molecular weight is 460 g/mol. The molecule has 0 aliphatic heterocycles. The molecule has 0 saturated carbocycles. The molecule has 0 fully saturated rings. The number of nitrogens with zero attached hydrogens (tertiary/aromatic N) is 2. The molecule has 0 bridgehead atoms. The number of aliphatic imine (C=N–C) groups is 1. The van der Waals surface area contributed by atoms with Crippen molar-refractivity contribution in [1.29, 1.82) is 0 Å². The molecule has 17 heteroatoms. The third-order valence-electron chi connectivity index (χ3n) is 3.35. The van der Waals surface area contributed by atoms with Gasteiger partial charge in [0.15, 0.2) is 5.03 Å². The van der Waals surface area contributed by atoms with Gasteiger partial charge in [-0.05, 0) is 32.2 Å². The van der Waals surface area contributed by atoms with Crippen molar-refractivity contribution in [3.63, 3.8) is 0 Å². The average Bonchev–Trinajstić information content (AvgIpc) is 2.63. The normalized spacial score (nSPS) is 13.3. The monoisotopic (exact) mass is 460 g/mol. The van der Waals surface area contributed by atoms with Gasteiger partial charge in [0.1, 0.15) is 6.04 Å². The van der Waals surface area contributed by atoms with E-state index in [1.54, 1.807) is 5.43 Å². The Bertz CT molecular complexity index is 632. The second kappa shape index (κ2) is 15.6. The zero-order valence-electron chi connectivity index (χ0n) is 16.4. The lowest BCUT2D eigenvalue weighted by Gasteiger charge is -2.18. The number of guanidine groups is 1. The van der Waals surface area contributed by atoms with E-state index < -0.39 is 41.1 Å². The van der Waals surface area contributed by atoms with Gasteiger partial charge in [-0.15, -0.1) is 0 Å². The van der Waals surface area contributed by atoms with E-state index in [2.05, 4.69) is 10.3 Å². The van der Waals surface area contributed by atoms with E-state index in [0.29, 0.717) is 25.8 Å². The Morgan fingerprint density at radius 2 is 1.68 bits per heavy atom. The predicted octanol–water partition coefficient (Wildman–Crippen LogP) is -2.08. The van der Waals surface area contributed by atoms with Crippen LogP contribution < -0.4 is 33.7 Å². The summed E-state index contributed by atoms with van der Waals surface area (Å²) in [6.07, 6.45) is -2.59. The number of unbranched alkanes of at least 4 members (excludes halogenated alkanes) is 1. The van der Waals surface area contributed by atoms with Crippen LogP contribution in [0.5, 0.6) is 0 Å². The molecule has 14 nitrogen and oxygen atoms in total. The molecule has 2 atom stereocenters. The minimum Gasteiger partial charge on any atom is -0.475 e. The molecule has 2 amide bonds. The summed E-state index contributed by atoms with van der Waals surface area (Å²) in [7, 11) is 0. The number of primary amides is 1. The minimum atomic E-state index is -5.08. The molecule has 0 aliphatic carbocycles. The smallest absolute Gasteiger partial charge is 0.475 e. The molecule has 31 heavy (non-hydrogen) atoms. The Morgan fingerprint density at radius 1 is 1.13 bits per heavy atom. The third-order valence-corrected chi connectivity index (χ3v) is 3.35. The molecule has 0 aromatic carbocycles. The Labute approximate surface area is 174 Å². The van der Waals surface area contributed by atoms with E-state index in [4.69, 9.17) is 32.8 Å². The lowest BCUT2D eigenvalue weighted by Crippen LogP contribution is -2.50. The summed E-state index contributed by atoms with van der Waals surface area (Å²) in [6, 6.07) is -1.63. The Kier molecular flexibility index (Phi) is 15.1. The number of carbonyl (C=O) groups is 3. The molecular formula is C14H27F3N8O6. The first-order chi connectivity index (χ1) is 14.2. The zero-order chi connectivity index (χ0) is 24.6. The Balaban J connectivity index is 0. The molecule has 180 valence electrons. The zero-order valence-corrected chi connectivity index (χ0v) is 16.4. The summed E-state index contributed by atoms with van der Waals surface area (Å²) in [5.41, 5.74) is 23.3. The number of carboxylic acid groups (broad SMARTS) is 1. The van der Waals surface area contributed by atoms with Gasteiger partial charge in [0, 0.05) is 6.54 Å². The number of amides is 2. The molecule has 0 rings (SSSR count). The van der Waals surface area contributed by atoms with Crippen LogP contribution in [0.15, 0.2) is 4.99 Å². The van der Waals surface area contributed by atoms with E-state index >= 15 is 0 Å². The highest BCUT2D eigenvalue weighted by Crippen LogP contribution is 2.13. The van der Waals surface area contributed by atoms with Crippen LogP contribution in [-0.2, 0) is 14.4 Å². The molecule has 0 spiro atoms. The molecule has 0 aromatic heterocycles. The number of halogens is 3. The predicted molar refractivity (Wildman–Crippen MR) is 102 cm³/mol. The number of carboxylic acids is 1. The van der Waals surface area contributed by atoms with Crippen molar-refractivity contribution in [2.75, 3.05) is 13.1 Å². The second-order valence-electron chi connectivity index (χ2n) is 5.94. The summed E-state index contributed by atoms with van der Waals surface area (Å²) in [5.74, 6) is -4.26. The van der Waals surface area contributed by atoms with Crippen LogP contribution in [-0.4, -0.2) is 65.2 Å². The van der Waals surface area contributed by atoms with Gasteiger partial charge in [0.05, 0.1) is 6.04 Å². The highest BCUT2D eigenvalue weighted by molar-refractivity contribution is 5.88. The van der Waals surface area contributed by atoms with Gasteiger partial charge in [0.25, 0.3) is 5.96 Å². The molecule has 0 aliphatic rings. The number of nitrogens with two attached hydrogens (primary N) is 4. The SMILES string of the molecule is NCCCC[C@H](N)C(=O)N[C@H](CCCN=C(N)N[N+](=O)[O-])C(N)=O.O=C(O)C(F)(F)F. The number of alkyl halides is 3. The lowest BCUT2D eigenvalue weighted by atomic mass is 10.1. The number of nitrogens with one attached hydrogen (secondary N) is 2. The van der Waals surface area contributed by atoms with Crippen molar-refractivity contribution >= 4 is 23.7 Å². The van der Waals surface area contributed by atoms with Gasteiger partial charge in [-0.3, -0.25) is 9.59 Å². The summed E-state index contributed by atoms with van der Waals surface area (Å²) in [5, 5.41) is 18.9. The number of carbonyl (C=O) groups excluding carboxylic acids is 2. The fourth-order valence-electron chi connectivity index (χ4n) is 1.83. The number of hydrogen-bond donors (Lipinski definition) is 7. The highest BCUT2D eigenvalue weighted by atomic mass is 19.4. The fraction of sp³-hybridized carbons (Fsp3) is 0.714. The summed E-state index contributed by atoms with van der Waals surface area (Å²) in [6.45, 7) is 0.655. The quantitative estimate of drug-likeness (QED) is 0.0549. The largest absolute Gasteiger partial charge is 0.490 e. The van der Waals surface area contributed by atoms with E-state index in [-0.39, 0.29) is 18.9 Å². The fourth-order valence-corrected chi connectivity index (χ4v) is 1.83. The highest BCUT2D eigenvalue weighted by Gasteiger charge is 2.38. The van der Waals surface area contributed by atoms with E-state index in [0.717, 1.165) is 6.42 Å². The Morgan fingerprint density at radius 3 is 2.10 bits per heavy atom. The molecule has 0 heterocycles. The lowest BCUT2D eigenvalue weighted by molar-refractivity contribution is -0.525. The van der Waals surface area contributed by atoms with E-state index in [9.17, 15) is 32.9 Å². The van der Waals surface area contributed by atoms with Gasteiger partial charge in [-0.2, -0.15) is 13.2 Å². The van der Waals surface area contributed by atoms with Crippen molar-refractivity contribution in [3.8, 4) is 0 Å². The summed E-state index contributed by atoms with van der Waals surface area (Å²) in [4.78, 5) is 46.0. The minimum absolute atomic E-state index is 0.134. The molecule has 0 radical (unpaired) electrons. The van der Waals surface area contributed by atoms with Crippen molar-refractivity contribution in [2.24, 2.45) is 27.9 Å². The molecule has 0 unspecified atom stereocenters. The van der Waals surface area contributed by atoms with Gasteiger partial charge in [-0.1, -0.05) is 11.8 Å². The number of aliphatic carboxylic acids is 1. The van der Waals surface area contributed by atoms with Crippen LogP contribution in [0.4, 0.5) is 13.2 Å². The Hall–Kier alpha value is -3.21. The van der Waals surface area contributed by atoms with Crippen molar-refractivity contribution in [3.05, 3.63) is 10.1 Å². The maximum Gasteiger partial charge on any atom is 0.490 e. The van der Waals surface area contributed by atoms with Gasteiger partial charge in [-0.25, -0.2) is 19.9 Å². The van der Waals surface area contributed by atoms with Crippen LogP contribution in [0.1, 0.15) is 32.1 Å². The first-order valence-electron chi connectivity index (χ1n) is 8.78. The summed E-state index contributed by atoms with van der Waals surface area (Å²) < 4.78 is 31.7. The molecular weight excluding hydrogens is 433 g/mol. The molecule has 0 saturated heterocycles. The number of rotatable bonds is 12. The number of nitro groups is 1. The topological polar surface area (TPSA) is 255 Å². The number of hydrogen-bond acceptors (Lipinski definition) is 8. The standard InChI is InChI=1S/C12H26N8O4.C2HF3O2/c13-6-2-1-4-8(14)11(22)18-9(10(15)21)5-3-7-17-12(16)19-20(23)24;3-2(4,5)1(6)7/h8-9H,1-7,13-14H2,(H2,15,21)(H,18,22)(H3,16,17,19);(H,6,7)/t8-,9+;/m0./s1. The van der Waals surface area contributed by atoms with Gasteiger partial charge in [0.2, 0.25) is 11.8 Å². The third kappa shape index (κ3) is 17.4. The molecule has 0 aromatic rings. The first-order valence-corrected chi connectivity index (χ1v) is 8.78. The first kappa shape index (κ1) is 30.0. The van der Waals surface area contributed by atoms with Gasteiger partial charge < -0.3 is 33.4 Å². The number of hydrazine groups is 1. The van der Waals surface area contributed by atoms with Crippen LogP contribution in [0.25, 0.3) is 0 Å². The van der Waals surface area contributed by atoms with E-state index in [1.807, 2.05) is 0 Å².